The lowest BCUT2D eigenvalue weighted by Crippen LogP contribution is -2.19. The lowest BCUT2D eigenvalue weighted by molar-refractivity contribution is 0.0343. The molecule has 0 aliphatic rings. The minimum Gasteiger partial charge on any atom is -0.389 e. The number of alkyl halides is 1. The number of nitrogens with zero attached hydrogens (tertiary/aromatic N) is 1. The molecule has 86 valence electrons. The van der Waals surface area contributed by atoms with Crippen LogP contribution < -0.4 is 5.73 Å². The normalized spacial score (nSPS) is 15.2. The molecule has 16 heavy (non-hydrogen) atoms. The van der Waals surface area contributed by atoms with Crippen molar-refractivity contribution in [1.29, 1.82) is 0 Å². The first-order valence-electron chi connectivity index (χ1n) is 4.79. The number of nitrogens with two attached hydrogens (primary N) is 1. The van der Waals surface area contributed by atoms with E-state index in [1.54, 1.807) is 18.2 Å². The van der Waals surface area contributed by atoms with E-state index in [4.69, 9.17) is 5.73 Å². The zero-order valence-corrected chi connectivity index (χ0v) is 9.98. The number of hydrogen-bond donors (Lipinski definition) is 4. The molecule has 2 rings (SSSR count). The average Bonchev–Trinajstić information content (AvgIpc) is 2.68. The Balaban J connectivity index is 2.39. The quantitative estimate of drug-likeness (QED) is 0.631. The van der Waals surface area contributed by atoms with E-state index in [1.807, 2.05) is 0 Å². The van der Waals surface area contributed by atoms with Crippen LogP contribution in [0.25, 0.3) is 10.9 Å². The third-order valence-corrected chi connectivity index (χ3v) is 3.14. The minimum atomic E-state index is -0.923. The molecule has 0 bridgehead atoms. The standard InChI is InChI=1S/C10H12BrN3O2/c11-4-8(15)9(16)5-1-2-6-7(3-5)13-14-10(6)12/h1-3,8-9,15-16H,4H2,(H3,12,13,14). The minimum absolute atomic E-state index is 0.317. The van der Waals surface area contributed by atoms with Crippen LogP contribution in [0.1, 0.15) is 11.7 Å². The molecular weight excluding hydrogens is 274 g/mol. The molecule has 0 radical (unpaired) electrons. The number of benzene rings is 1. The van der Waals surface area contributed by atoms with E-state index in [0.29, 0.717) is 16.7 Å². The van der Waals surface area contributed by atoms with E-state index in [2.05, 4.69) is 26.1 Å². The molecule has 0 aliphatic heterocycles. The molecule has 0 spiro atoms. The van der Waals surface area contributed by atoms with Crippen molar-refractivity contribution < 1.29 is 10.2 Å². The van der Waals surface area contributed by atoms with E-state index in [-0.39, 0.29) is 0 Å². The number of rotatable bonds is 3. The second kappa shape index (κ2) is 4.40. The number of nitrogen functional groups attached to an aromatic ring is 1. The summed E-state index contributed by atoms with van der Waals surface area (Å²) in [5.41, 5.74) is 7.00. The van der Waals surface area contributed by atoms with Gasteiger partial charge in [0.05, 0.1) is 11.6 Å². The number of H-pyrrole nitrogens is 1. The molecule has 0 amide bonds. The molecule has 5 nitrogen and oxygen atoms in total. The molecule has 5 N–H and O–H groups in total. The van der Waals surface area contributed by atoms with Gasteiger partial charge < -0.3 is 15.9 Å². The summed E-state index contributed by atoms with van der Waals surface area (Å²) in [6.45, 7) is 0. The highest BCUT2D eigenvalue weighted by Crippen LogP contribution is 2.24. The average molecular weight is 286 g/mol. The van der Waals surface area contributed by atoms with Gasteiger partial charge in [-0.1, -0.05) is 22.0 Å². The van der Waals surface area contributed by atoms with Gasteiger partial charge in [-0.05, 0) is 17.7 Å². The number of fused-ring (bicyclic) bond motifs is 1. The second-order valence-corrected chi connectivity index (χ2v) is 4.23. The lowest BCUT2D eigenvalue weighted by Gasteiger charge is -2.15. The Kier molecular flexibility index (Phi) is 3.13. The van der Waals surface area contributed by atoms with Gasteiger partial charge >= 0.3 is 0 Å². The molecule has 0 aliphatic carbocycles. The van der Waals surface area contributed by atoms with Crippen LogP contribution in [0.2, 0.25) is 0 Å². The molecule has 0 saturated carbocycles. The van der Waals surface area contributed by atoms with Crippen molar-refractivity contribution in [3.63, 3.8) is 0 Å². The highest BCUT2D eigenvalue weighted by atomic mass is 79.9. The van der Waals surface area contributed by atoms with Crippen LogP contribution in [0.3, 0.4) is 0 Å². The third-order valence-electron chi connectivity index (χ3n) is 2.48. The first-order chi connectivity index (χ1) is 7.63. The van der Waals surface area contributed by atoms with Crippen molar-refractivity contribution in [2.24, 2.45) is 0 Å². The number of hydrogen-bond acceptors (Lipinski definition) is 4. The van der Waals surface area contributed by atoms with Gasteiger partial charge in [0.1, 0.15) is 6.10 Å². The van der Waals surface area contributed by atoms with Gasteiger partial charge in [-0.15, -0.1) is 0 Å². The molecule has 2 unspecified atom stereocenters. The summed E-state index contributed by atoms with van der Waals surface area (Å²) >= 11 is 3.12. The van der Waals surface area contributed by atoms with Crippen molar-refractivity contribution in [3.8, 4) is 0 Å². The monoisotopic (exact) mass is 285 g/mol. The zero-order chi connectivity index (χ0) is 11.7. The summed E-state index contributed by atoms with van der Waals surface area (Å²) in [6, 6.07) is 5.23. The number of anilines is 1. The number of halogens is 1. The summed E-state index contributed by atoms with van der Waals surface area (Å²) in [5, 5.41) is 27.1. The van der Waals surface area contributed by atoms with Crippen LogP contribution in [0, 0.1) is 0 Å². The highest BCUT2D eigenvalue weighted by Gasteiger charge is 2.17. The second-order valence-electron chi connectivity index (χ2n) is 3.58. The van der Waals surface area contributed by atoms with Crippen LogP contribution in [0.15, 0.2) is 18.2 Å². The van der Waals surface area contributed by atoms with Gasteiger partial charge in [0.15, 0.2) is 5.82 Å². The third kappa shape index (κ3) is 1.91. The van der Waals surface area contributed by atoms with Crippen molar-refractivity contribution in [3.05, 3.63) is 23.8 Å². The van der Waals surface area contributed by atoms with Gasteiger partial charge in [-0.25, -0.2) is 0 Å². The topological polar surface area (TPSA) is 95.2 Å². The van der Waals surface area contributed by atoms with Crippen molar-refractivity contribution in [2.75, 3.05) is 11.1 Å². The molecule has 1 aromatic heterocycles. The smallest absolute Gasteiger partial charge is 0.153 e. The Morgan fingerprint density at radius 1 is 1.44 bits per heavy atom. The van der Waals surface area contributed by atoms with E-state index >= 15 is 0 Å². The first-order valence-corrected chi connectivity index (χ1v) is 5.91. The summed E-state index contributed by atoms with van der Waals surface area (Å²) in [7, 11) is 0. The van der Waals surface area contributed by atoms with Crippen LogP contribution >= 0.6 is 15.9 Å². The maximum Gasteiger partial charge on any atom is 0.153 e. The molecule has 1 aromatic carbocycles. The van der Waals surface area contributed by atoms with Crippen LogP contribution in [0.4, 0.5) is 5.82 Å². The molecule has 0 saturated heterocycles. The van der Waals surface area contributed by atoms with Gasteiger partial charge in [-0.2, -0.15) is 5.10 Å². The number of aromatic amines is 1. The lowest BCUT2D eigenvalue weighted by atomic mass is 10.0. The Morgan fingerprint density at radius 3 is 2.88 bits per heavy atom. The summed E-state index contributed by atoms with van der Waals surface area (Å²) in [5.74, 6) is 0.428. The number of aromatic nitrogens is 2. The Morgan fingerprint density at radius 2 is 2.19 bits per heavy atom. The van der Waals surface area contributed by atoms with Crippen molar-refractivity contribution in [2.45, 2.75) is 12.2 Å². The number of nitrogens with one attached hydrogen (secondary N) is 1. The largest absolute Gasteiger partial charge is 0.389 e. The summed E-state index contributed by atoms with van der Waals surface area (Å²) in [6.07, 6.45) is -1.76. The highest BCUT2D eigenvalue weighted by molar-refractivity contribution is 9.09. The van der Waals surface area contributed by atoms with Crippen LogP contribution in [-0.2, 0) is 0 Å². The van der Waals surface area contributed by atoms with Crippen molar-refractivity contribution >= 4 is 32.7 Å². The molecule has 1 heterocycles. The summed E-state index contributed by atoms with van der Waals surface area (Å²) in [4.78, 5) is 0. The Labute approximate surface area is 100 Å². The predicted molar refractivity (Wildman–Crippen MR) is 65.3 cm³/mol. The van der Waals surface area contributed by atoms with Crippen LogP contribution in [-0.4, -0.2) is 31.8 Å². The van der Waals surface area contributed by atoms with Gasteiger partial charge in [0.2, 0.25) is 0 Å². The number of aliphatic hydroxyl groups excluding tert-OH is 2. The number of aliphatic hydroxyl groups is 2. The summed E-state index contributed by atoms with van der Waals surface area (Å²) < 4.78 is 0. The Bertz CT molecular complexity index is 500. The van der Waals surface area contributed by atoms with Gasteiger partial charge in [0.25, 0.3) is 0 Å². The van der Waals surface area contributed by atoms with Crippen molar-refractivity contribution in [1.82, 2.24) is 10.2 Å². The maximum absolute atomic E-state index is 9.81. The van der Waals surface area contributed by atoms with Gasteiger partial charge in [0, 0.05) is 10.7 Å². The van der Waals surface area contributed by atoms with E-state index in [1.165, 1.54) is 0 Å². The predicted octanol–water partition coefficient (Wildman–Crippen LogP) is 0.934. The van der Waals surface area contributed by atoms with Gasteiger partial charge in [-0.3, -0.25) is 5.10 Å². The fraction of sp³-hybridized carbons (Fsp3) is 0.300. The SMILES string of the molecule is Nc1n[nH]c2cc(C(O)C(O)CBr)ccc12. The maximum atomic E-state index is 9.81. The molecule has 0 fully saturated rings. The zero-order valence-electron chi connectivity index (χ0n) is 8.39. The molecule has 6 heteroatoms. The first kappa shape index (κ1) is 11.4. The molecular formula is C10H12BrN3O2. The molecule has 2 atom stereocenters. The fourth-order valence-corrected chi connectivity index (χ4v) is 1.90. The van der Waals surface area contributed by atoms with E-state index < -0.39 is 12.2 Å². The van der Waals surface area contributed by atoms with E-state index in [0.717, 1.165) is 10.9 Å². The fourth-order valence-electron chi connectivity index (χ4n) is 1.55. The van der Waals surface area contributed by atoms with E-state index in [9.17, 15) is 10.2 Å². The van der Waals surface area contributed by atoms with Crippen LogP contribution in [0.5, 0.6) is 0 Å². The Hall–Kier alpha value is -1.11. The molecule has 2 aromatic rings.